The van der Waals surface area contributed by atoms with Crippen molar-refractivity contribution in [3.05, 3.63) is 46.6 Å². The number of furan rings is 1. The molecule has 18 heavy (non-hydrogen) atoms. The van der Waals surface area contributed by atoms with Crippen molar-refractivity contribution in [2.75, 3.05) is 5.32 Å². The summed E-state index contributed by atoms with van der Waals surface area (Å²) in [7, 11) is 0. The average Bonchev–Trinajstić information content (AvgIpc) is 2.81. The number of aryl methyl sites for hydroxylation is 1. The van der Waals surface area contributed by atoms with E-state index in [2.05, 4.69) is 10.3 Å². The van der Waals surface area contributed by atoms with Crippen molar-refractivity contribution in [3.8, 4) is 0 Å². The second-order valence-corrected chi connectivity index (χ2v) is 4.08. The molecule has 0 fully saturated rings. The molecular formula is C12H12ClN3O2. The number of carbonyl (C=O) groups is 1. The number of nitrogens with two attached hydrogens (primary N) is 1. The van der Waals surface area contributed by atoms with Gasteiger partial charge < -0.3 is 15.5 Å². The molecule has 2 heterocycles. The molecule has 0 aliphatic heterocycles. The highest BCUT2D eigenvalue weighted by molar-refractivity contribution is 6.29. The third kappa shape index (κ3) is 2.69. The van der Waals surface area contributed by atoms with Crippen LogP contribution in [0, 0.1) is 6.92 Å². The van der Waals surface area contributed by atoms with E-state index in [0.717, 1.165) is 0 Å². The van der Waals surface area contributed by atoms with Crippen LogP contribution in [-0.2, 0) is 6.54 Å². The molecule has 5 nitrogen and oxygen atoms in total. The van der Waals surface area contributed by atoms with Gasteiger partial charge in [-0.15, -0.1) is 0 Å². The van der Waals surface area contributed by atoms with Gasteiger partial charge in [-0.2, -0.15) is 0 Å². The molecule has 2 rings (SSSR count). The summed E-state index contributed by atoms with van der Waals surface area (Å²) in [5.74, 6) is 0.429. The standard InChI is InChI=1S/C12H12ClN3O2/c1-7-9(3-5-11(13)15-7)16-12(17)10-4-2-8(6-14)18-10/h2-5H,6,14H2,1H3,(H,16,17). The molecule has 2 aromatic heterocycles. The summed E-state index contributed by atoms with van der Waals surface area (Å²) in [6.45, 7) is 2.02. The number of nitrogens with one attached hydrogen (secondary N) is 1. The molecule has 0 atom stereocenters. The van der Waals surface area contributed by atoms with Crippen molar-refractivity contribution in [1.82, 2.24) is 4.98 Å². The molecule has 2 aromatic rings. The number of hydrogen-bond donors (Lipinski definition) is 2. The molecule has 1 amide bonds. The zero-order chi connectivity index (χ0) is 13.1. The van der Waals surface area contributed by atoms with E-state index in [1.54, 1.807) is 31.2 Å². The first-order valence-electron chi connectivity index (χ1n) is 5.33. The Labute approximate surface area is 109 Å². The summed E-state index contributed by atoms with van der Waals surface area (Å²) in [6.07, 6.45) is 0. The summed E-state index contributed by atoms with van der Waals surface area (Å²) in [4.78, 5) is 15.9. The first kappa shape index (κ1) is 12.6. The highest BCUT2D eigenvalue weighted by Crippen LogP contribution is 2.17. The van der Waals surface area contributed by atoms with Gasteiger partial charge in [-0.05, 0) is 31.2 Å². The van der Waals surface area contributed by atoms with Crippen LogP contribution in [0.4, 0.5) is 5.69 Å². The Morgan fingerprint density at radius 1 is 1.44 bits per heavy atom. The number of nitrogens with zero attached hydrogens (tertiary/aromatic N) is 1. The second-order valence-electron chi connectivity index (χ2n) is 3.69. The lowest BCUT2D eigenvalue weighted by Crippen LogP contribution is -2.12. The second kappa shape index (κ2) is 5.20. The molecule has 0 aliphatic rings. The van der Waals surface area contributed by atoms with Crippen LogP contribution in [0.3, 0.4) is 0 Å². The molecule has 0 saturated heterocycles. The first-order chi connectivity index (χ1) is 8.60. The van der Waals surface area contributed by atoms with Gasteiger partial charge in [0.05, 0.1) is 17.9 Å². The molecular weight excluding hydrogens is 254 g/mol. The van der Waals surface area contributed by atoms with E-state index in [9.17, 15) is 4.79 Å². The molecule has 0 spiro atoms. The lowest BCUT2D eigenvalue weighted by Gasteiger charge is -2.06. The van der Waals surface area contributed by atoms with Crippen molar-refractivity contribution >= 4 is 23.2 Å². The van der Waals surface area contributed by atoms with Crippen LogP contribution in [0.15, 0.2) is 28.7 Å². The maximum Gasteiger partial charge on any atom is 0.291 e. The molecule has 0 aromatic carbocycles. The number of aromatic nitrogens is 1. The van der Waals surface area contributed by atoms with Crippen molar-refractivity contribution in [3.63, 3.8) is 0 Å². The Bertz CT molecular complexity index is 580. The van der Waals surface area contributed by atoms with Crippen LogP contribution in [0.5, 0.6) is 0 Å². The number of pyridine rings is 1. The van der Waals surface area contributed by atoms with Gasteiger partial charge in [0.15, 0.2) is 5.76 Å². The molecule has 0 radical (unpaired) electrons. The Balaban J connectivity index is 2.16. The minimum absolute atomic E-state index is 0.213. The normalized spacial score (nSPS) is 10.4. The van der Waals surface area contributed by atoms with E-state index in [4.69, 9.17) is 21.8 Å². The predicted octanol–water partition coefficient (Wildman–Crippen LogP) is 2.35. The Morgan fingerprint density at radius 3 is 2.83 bits per heavy atom. The molecule has 6 heteroatoms. The van der Waals surface area contributed by atoms with E-state index in [0.29, 0.717) is 22.3 Å². The van der Waals surface area contributed by atoms with Crippen LogP contribution in [0.2, 0.25) is 5.15 Å². The minimum Gasteiger partial charge on any atom is -0.455 e. The number of anilines is 1. The summed E-state index contributed by atoms with van der Waals surface area (Å²) in [6, 6.07) is 6.55. The molecule has 94 valence electrons. The lowest BCUT2D eigenvalue weighted by atomic mass is 10.3. The maximum absolute atomic E-state index is 11.9. The van der Waals surface area contributed by atoms with Crippen molar-refractivity contribution in [1.29, 1.82) is 0 Å². The summed E-state index contributed by atoms with van der Waals surface area (Å²) in [5, 5.41) is 3.08. The maximum atomic E-state index is 11.9. The third-order valence-electron chi connectivity index (χ3n) is 2.39. The topological polar surface area (TPSA) is 81.2 Å². The van der Waals surface area contributed by atoms with Gasteiger partial charge >= 0.3 is 0 Å². The monoisotopic (exact) mass is 265 g/mol. The highest BCUT2D eigenvalue weighted by Gasteiger charge is 2.12. The van der Waals surface area contributed by atoms with Crippen molar-refractivity contribution < 1.29 is 9.21 Å². The number of hydrogen-bond acceptors (Lipinski definition) is 4. The van der Waals surface area contributed by atoms with E-state index in [-0.39, 0.29) is 18.2 Å². The number of halogens is 1. The fourth-order valence-electron chi connectivity index (χ4n) is 1.46. The van der Waals surface area contributed by atoms with Crippen LogP contribution >= 0.6 is 11.6 Å². The fourth-order valence-corrected chi connectivity index (χ4v) is 1.65. The van der Waals surface area contributed by atoms with Gasteiger partial charge in [-0.25, -0.2) is 4.98 Å². The predicted molar refractivity (Wildman–Crippen MR) is 68.5 cm³/mol. The molecule has 0 aliphatic carbocycles. The smallest absolute Gasteiger partial charge is 0.291 e. The van der Waals surface area contributed by atoms with Crippen LogP contribution in [0.1, 0.15) is 22.0 Å². The molecule has 0 unspecified atom stereocenters. The average molecular weight is 266 g/mol. The summed E-state index contributed by atoms with van der Waals surface area (Å²) >= 11 is 5.74. The van der Waals surface area contributed by atoms with E-state index in [1.165, 1.54) is 0 Å². The highest BCUT2D eigenvalue weighted by atomic mass is 35.5. The number of amides is 1. The molecule has 0 bridgehead atoms. The van der Waals surface area contributed by atoms with Gasteiger partial charge in [0.2, 0.25) is 0 Å². The zero-order valence-corrected chi connectivity index (χ0v) is 10.5. The van der Waals surface area contributed by atoms with Crippen LogP contribution in [-0.4, -0.2) is 10.9 Å². The van der Waals surface area contributed by atoms with Gasteiger partial charge in [0.25, 0.3) is 5.91 Å². The number of carbonyl (C=O) groups excluding carboxylic acids is 1. The Morgan fingerprint density at radius 2 is 2.22 bits per heavy atom. The third-order valence-corrected chi connectivity index (χ3v) is 2.60. The summed E-state index contributed by atoms with van der Waals surface area (Å²) < 4.78 is 5.25. The number of rotatable bonds is 3. The van der Waals surface area contributed by atoms with Gasteiger partial charge in [-0.1, -0.05) is 11.6 Å². The lowest BCUT2D eigenvalue weighted by molar-refractivity contribution is 0.0995. The summed E-state index contributed by atoms with van der Waals surface area (Å²) in [5.41, 5.74) is 6.64. The minimum atomic E-state index is -0.345. The Kier molecular flexibility index (Phi) is 3.64. The SMILES string of the molecule is Cc1nc(Cl)ccc1NC(=O)c1ccc(CN)o1. The van der Waals surface area contributed by atoms with Gasteiger partial charge in [0, 0.05) is 0 Å². The van der Waals surface area contributed by atoms with Gasteiger partial charge in [-0.3, -0.25) is 4.79 Å². The van der Waals surface area contributed by atoms with Crippen molar-refractivity contribution in [2.24, 2.45) is 5.73 Å². The van der Waals surface area contributed by atoms with E-state index >= 15 is 0 Å². The molecule has 3 N–H and O–H groups in total. The zero-order valence-electron chi connectivity index (χ0n) is 9.74. The Hall–Kier alpha value is -1.85. The largest absolute Gasteiger partial charge is 0.455 e. The molecule has 0 saturated carbocycles. The van der Waals surface area contributed by atoms with E-state index in [1.807, 2.05) is 0 Å². The van der Waals surface area contributed by atoms with Crippen LogP contribution in [0.25, 0.3) is 0 Å². The van der Waals surface area contributed by atoms with Gasteiger partial charge in [0.1, 0.15) is 10.9 Å². The first-order valence-corrected chi connectivity index (χ1v) is 5.71. The fraction of sp³-hybridized carbons (Fsp3) is 0.167. The van der Waals surface area contributed by atoms with Crippen LogP contribution < -0.4 is 11.1 Å². The van der Waals surface area contributed by atoms with Crippen molar-refractivity contribution in [2.45, 2.75) is 13.5 Å². The van der Waals surface area contributed by atoms with E-state index < -0.39 is 0 Å². The quantitative estimate of drug-likeness (QED) is 0.835.